The van der Waals surface area contributed by atoms with Crippen molar-refractivity contribution in [1.82, 2.24) is 10.3 Å². The first-order valence-electron chi connectivity index (χ1n) is 7.00. The van der Waals surface area contributed by atoms with E-state index in [1.54, 1.807) is 6.20 Å². The lowest BCUT2D eigenvalue weighted by molar-refractivity contribution is 0.145. The summed E-state index contributed by atoms with van der Waals surface area (Å²) in [6.07, 6.45) is 2.65. The van der Waals surface area contributed by atoms with Crippen LogP contribution in [-0.4, -0.2) is 30.7 Å². The molecule has 1 aromatic heterocycles. The fourth-order valence-corrected chi connectivity index (χ4v) is 1.47. The van der Waals surface area contributed by atoms with E-state index in [4.69, 9.17) is 14.9 Å². The summed E-state index contributed by atoms with van der Waals surface area (Å²) in [6, 6.07) is 0. The van der Waals surface area contributed by atoms with Crippen LogP contribution in [0.15, 0.2) is 15.6 Å². The molecule has 0 unspecified atom stereocenters. The zero-order chi connectivity index (χ0) is 15.0. The van der Waals surface area contributed by atoms with Gasteiger partial charge in [-0.05, 0) is 13.3 Å². The summed E-state index contributed by atoms with van der Waals surface area (Å²) >= 11 is 0. The van der Waals surface area contributed by atoms with Crippen molar-refractivity contribution in [2.75, 3.05) is 19.8 Å². The molecule has 0 aliphatic carbocycles. The van der Waals surface area contributed by atoms with E-state index in [1.807, 2.05) is 6.92 Å². The molecular formula is C14H26N4O2. The van der Waals surface area contributed by atoms with Crippen molar-refractivity contribution in [3.8, 4) is 0 Å². The fourth-order valence-electron chi connectivity index (χ4n) is 1.47. The summed E-state index contributed by atoms with van der Waals surface area (Å²) in [5.74, 6) is 1.83. The molecule has 6 nitrogen and oxygen atoms in total. The third-order valence-electron chi connectivity index (χ3n) is 2.65. The molecule has 0 aliphatic rings. The van der Waals surface area contributed by atoms with Gasteiger partial charge in [0, 0.05) is 25.2 Å². The highest BCUT2D eigenvalue weighted by Gasteiger charge is 2.18. The van der Waals surface area contributed by atoms with Gasteiger partial charge in [0.2, 0.25) is 5.89 Å². The highest BCUT2D eigenvalue weighted by atomic mass is 16.5. The number of hydrogen-bond acceptors (Lipinski definition) is 4. The summed E-state index contributed by atoms with van der Waals surface area (Å²) < 4.78 is 10.9. The Labute approximate surface area is 120 Å². The molecule has 1 aromatic rings. The molecule has 0 saturated carbocycles. The zero-order valence-corrected chi connectivity index (χ0v) is 12.9. The van der Waals surface area contributed by atoms with Gasteiger partial charge in [-0.15, -0.1) is 0 Å². The van der Waals surface area contributed by atoms with Gasteiger partial charge in [0.05, 0.1) is 6.20 Å². The molecule has 114 valence electrons. The Balaban J connectivity index is 2.33. The smallest absolute Gasteiger partial charge is 0.216 e. The van der Waals surface area contributed by atoms with E-state index in [9.17, 15) is 0 Å². The predicted molar refractivity (Wildman–Crippen MR) is 79.6 cm³/mol. The van der Waals surface area contributed by atoms with E-state index in [0.717, 1.165) is 31.9 Å². The molecule has 20 heavy (non-hydrogen) atoms. The molecule has 0 atom stereocenters. The normalized spacial score (nSPS) is 12.7. The van der Waals surface area contributed by atoms with Crippen molar-refractivity contribution in [2.45, 2.75) is 46.1 Å². The molecule has 0 fully saturated rings. The number of nitrogens with one attached hydrogen (secondary N) is 1. The first-order chi connectivity index (χ1) is 9.43. The van der Waals surface area contributed by atoms with Gasteiger partial charge in [0.15, 0.2) is 5.96 Å². The van der Waals surface area contributed by atoms with Gasteiger partial charge >= 0.3 is 0 Å². The summed E-state index contributed by atoms with van der Waals surface area (Å²) in [6.45, 7) is 10.8. The Kier molecular flexibility index (Phi) is 6.51. The van der Waals surface area contributed by atoms with E-state index in [1.165, 1.54) is 0 Å². The number of ether oxygens (including phenoxy) is 1. The highest BCUT2D eigenvalue weighted by Crippen LogP contribution is 2.22. The maximum atomic E-state index is 5.76. The van der Waals surface area contributed by atoms with E-state index in [0.29, 0.717) is 18.4 Å². The Morgan fingerprint density at radius 1 is 1.50 bits per heavy atom. The Hall–Kier alpha value is -1.56. The summed E-state index contributed by atoms with van der Waals surface area (Å²) in [4.78, 5) is 8.39. The molecule has 3 N–H and O–H groups in total. The minimum absolute atomic E-state index is 0.0436. The van der Waals surface area contributed by atoms with Crippen LogP contribution in [0.3, 0.4) is 0 Å². The van der Waals surface area contributed by atoms with Crippen LogP contribution in [-0.2, 0) is 16.7 Å². The minimum Gasteiger partial charge on any atom is -0.443 e. The van der Waals surface area contributed by atoms with Gasteiger partial charge in [-0.3, -0.25) is 0 Å². The third kappa shape index (κ3) is 6.06. The Bertz CT molecular complexity index is 421. The molecule has 0 spiro atoms. The summed E-state index contributed by atoms with van der Waals surface area (Å²) in [7, 11) is 0. The van der Waals surface area contributed by atoms with E-state index >= 15 is 0 Å². The average Bonchev–Trinajstić information content (AvgIpc) is 2.85. The molecule has 0 aliphatic heterocycles. The van der Waals surface area contributed by atoms with Gasteiger partial charge in [0.1, 0.15) is 12.3 Å². The van der Waals surface area contributed by atoms with Crippen LogP contribution in [0.5, 0.6) is 0 Å². The first-order valence-corrected chi connectivity index (χ1v) is 7.00. The van der Waals surface area contributed by atoms with Crippen LogP contribution < -0.4 is 11.1 Å². The number of hydrogen-bond donors (Lipinski definition) is 2. The molecule has 1 rings (SSSR count). The number of guanidine groups is 1. The van der Waals surface area contributed by atoms with Crippen molar-refractivity contribution in [1.29, 1.82) is 0 Å². The van der Waals surface area contributed by atoms with Gasteiger partial charge in [-0.1, -0.05) is 20.8 Å². The molecule has 0 aromatic carbocycles. The van der Waals surface area contributed by atoms with Crippen molar-refractivity contribution in [3.05, 3.63) is 17.8 Å². The van der Waals surface area contributed by atoms with Crippen molar-refractivity contribution in [2.24, 2.45) is 10.7 Å². The number of rotatable bonds is 7. The van der Waals surface area contributed by atoms with Gasteiger partial charge in [0.25, 0.3) is 0 Å². The van der Waals surface area contributed by atoms with Crippen LogP contribution in [0, 0.1) is 0 Å². The summed E-state index contributed by atoms with van der Waals surface area (Å²) in [5, 5.41) is 3.03. The van der Waals surface area contributed by atoms with Crippen LogP contribution in [0.25, 0.3) is 0 Å². The van der Waals surface area contributed by atoms with Gasteiger partial charge < -0.3 is 20.2 Å². The maximum absolute atomic E-state index is 5.76. The quantitative estimate of drug-likeness (QED) is 0.452. The predicted octanol–water partition coefficient (Wildman–Crippen LogP) is 1.80. The van der Waals surface area contributed by atoms with E-state index < -0.39 is 0 Å². The molecule has 0 saturated heterocycles. The van der Waals surface area contributed by atoms with Gasteiger partial charge in [-0.2, -0.15) is 0 Å². The lowest BCUT2D eigenvalue weighted by atomic mass is 9.94. The summed E-state index contributed by atoms with van der Waals surface area (Å²) in [5.41, 5.74) is 5.71. The fraction of sp³-hybridized carbons (Fsp3) is 0.714. The van der Waals surface area contributed by atoms with Crippen LogP contribution >= 0.6 is 0 Å². The second-order valence-electron chi connectivity index (χ2n) is 5.55. The van der Waals surface area contributed by atoms with Crippen LogP contribution in [0.2, 0.25) is 0 Å². The van der Waals surface area contributed by atoms with Crippen LogP contribution in [0.4, 0.5) is 0 Å². The average molecular weight is 282 g/mol. The highest BCUT2D eigenvalue weighted by molar-refractivity contribution is 5.77. The second-order valence-corrected chi connectivity index (χ2v) is 5.55. The number of nitrogens with two attached hydrogens (primary N) is 1. The molecular weight excluding hydrogens is 256 g/mol. The standard InChI is InChI=1S/C14H26N4O2/c1-5-19-8-6-7-16-13(15)18-10-12-17-9-11(20-12)14(2,3)4/h9H,5-8,10H2,1-4H3,(H3,15,16,18). The van der Waals surface area contributed by atoms with Crippen molar-refractivity contribution in [3.63, 3.8) is 0 Å². The Morgan fingerprint density at radius 2 is 2.25 bits per heavy atom. The SMILES string of the molecule is CCOCCCNC(N)=NCc1ncc(C(C)(C)C)o1. The number of aromatic nitrogens is 1. The topological polar surface area (TPSA) is 85.7 Å². The molecule has 6 heteroatoms. The van der Waals surface area contributed by atoms with Crippen molar-refractivity contribution < 1.29 is 9.15 Å². The third-order valence-corrected chi connectivity index (χ3v) is 2.65. The minimum atomic E-state index is -0.0436. The second kappa shape index (κ2) is 7.89. The first kappa shape index (κ1) is 16.5. The van der Waals surface area contributed by atoms with Crippen molar-refractivity contribution >= 4 is 5.96 Å². The molecule has 0 bridgehead atoms. The van der Waals surface area contributed by atoms with E-state index in [2.05, 4.69) is 36.1 Å². The number of nitrogens with zero attached hydrogens (tertiary/aromatic N) is 2. The number of oxazole rings is 1. The maximum Gasteiger partial charge on any atom is 0.216 e. The lowest BCUT2D eigenvalue weighted by Gasteiger charge is -2.12. The number of aliphatic imine (C=N–C) groups is 1. The Morgan fingerprint density at radius 3 is 2.85 bits per heavy atom. The van der Waals surface area contributed by atoms with Gasteiger partial charge in [-0.25, -0.2) is 9.98 Å². The lowest BCUT2D eigenvalue weighted by Crippen LogP contribution is -2.32. The monoisotopic (exact) mass is 282 g/mol. The van der Waals surface area contributed by atoms with Crippen LogP contribution in [0.1, 0.15) is 45.8 Å². The van der Waals surface area contributed by atoms with E-state index in [-0.39, 0.29) is 5.41 Å². The largest absolute Gasteiger partial charge is 0.443 e. The molecule has 1 heterocycles. The molecule has 0 radical (unpaired) electrons. The zero-order valence-electron chi connectivity index (χ0n) is 12.9. The molecule has 0 amide bonds.